The van der Waals surface area contributed by atoms with Gasteiger partial charge < -0.3 is 5.11 Å². The molecule has 2 aromatic carbocycles. The lowest BCUT2D eigenvalue weighted by Gasteiger charge is -2.26. The summed E-state index contributed by atoms with van der Waals surface area (Å²) in [7, 11) is 0. The van der Waals surface area contributed by atoms with E-state index >= 15 is 0 Å². The summed E-state index contributed by atoms with van der Waals surface area (Å²) in [6, 6.07) is 16.0. The number of rotatable bonds is 3. The first-order chi connectivity index (χ1) is 13.1. The molecule has 146 valence electrons. The zero-order chi connectivity index (χ0) is 20.5. The number of aromatic hydroxyl groups is 1. The maximum absolute atomic E-state index is 10.8. The number of hydrazone groups is 1. The monoisotopic (exact) mass is 375 g/mol. The second kappa shape index (κ2) is 7.27. The molecule has 0 aliphatic heterocycles. The van der Waals surface area contributed by atoms with E-state index in [9.17, 15) is 5.11 Å². The van der Waals surface area contributed by atoms with Gasteiger partial charge in [-0.2, -0.15) is 5.10 Å². The van der Waals surface area contributed by atoms with Crippen LogP contribution in [0.25, 0.3) is 10.9 Å². The van der Waals surface area contributed by atoms with E-state index in [1.54, 1.807) is 6.21 Å². The second-order valence-corrected chi connectivity index (χ2v) is 9.22. The van der Waals surface area contributed by atoms with Crippen LogP contribution in [0.4, 0.5) is 5.82 Å². The van der Waals surface area contributed by atoms with Crippen molar-refractivity contribution in [3.8, 4) is 5.75 Å². The Kier molecular flexibility index (Phi) is 5.16. The van der Waals surface area contributed by atoms with Gasteiger partial charge in [-0.3, -0.25) is 5.43 Å². The van der Waals surface area contributed by atoms with Crippen LogP contribution in [0, 0.1) is 0 Å². The van der Waals surface area contributed by atoms with Crippen molar-refractivity contribution in [2.75, 3.05) is 5.43 Å². The van der Waals surface area contributed by atoms with Crippen molar-refractivity contribution in [3.63, 3.8) is 0 Å². The first kappa shape index (κ1) is 19.9. The molecule has 0 atom stereocenters. The lowest BCUT2D eigenvalue weighted by atomic mass is 9.79. The molecule has 0 radical (unpaired) electrons. The first-order valence-corrected chi connectivity index (χ1v) is 9.58. The molecule has 3 rings (SSSR count). The summed E-state index contributed by atoms with van der Waals surface area (Å²) in [6.07, 6.45) is 1.66. The Balaban J connectivity index is 1.93. The highest BCUT2D eigenvalue weighted by Crippen LogP contribution is 2.37. The van der Waals surface area contributed by atoms with Crippen LogP contribution >= 0.6 is 0 Å². The summed E-state index contributed by atoms with van der Waals surface area (Å²) in [4.78, 5) is 4.56. The summed E-state index contributed by atoms with van der Waals surface area (Å²) >= 11 is 0. The maximum Gasteiger partial charge on any atom is 0.146 e. The number of para-hydroxylation sites is 1. The summed E-state index contributed by atoms with van der Waals surface area (Å²) in [5.74, 6) is 0.940. The van der Waals surface area contributed by atoms with E-state index in [-0.39, 0.29) is 16.6 Å². The highest BCUT2D eigenvalue weighted by Gasteiger charge is 2.24. The zero-order valence-electron chi connectivity index (χ0n) is 17.5. The molecule has 1 heterocycles. The highest BCUT2D eigenvalue weighted by atomic mass is 16.3. The molecule has 0 bridgehead atoms. The number of nitrogens with zero attached hydrogens (tertiary/aromatic N) is 2. The molecule has 0 aliphatic carbocycles. The van der Waals surface area contributed by atoms with Crippen LogP contribution in [0.5, 0.6) is 5.75 Å². The lowest BCUT2D eigenvalue weighted by molar-refractivity contribution is 0.444. The van der Waals surface area contributed by atoms with E-state index in [4.69, 9.17) is 0 Å². The molecular weight excluding hydrogens is 346 g/mol. The van der Waals surface area contributed by atoms with Crippen LogP contribution in [0.2, 0.25) is 0 Å². The van der Waals surface area contributed by atoms with Gasteiger partial charge in [0, 0.05) is 16.5 Å². The SMILES string of the molecule is CC(C)(C)c1cc(C=NNc2ccc3ccccc3n2)c(O)c(C(C)(C)C)c1. The van der Waals surface area contributed by atoms with Crippen LogP contribution in [0.15, 0.2) is 53.6 Å². The molecule has 0 aliphatic rings. The van der Waals surface area contributed by atoms with E-state index < -0.39 is 0 Å². The van der Waals surface area contributed by atoms with Crippen molar-refractivity contribution in [2.24, 2.45) is 5.10 Å². The number of nitrogens with one attached hydrogen (secondary N) is 1. The van der Waals surface area contributed by atoms with Crippen LogP contribution in [0.3, 0.4) is 0 Å². The minimum absolute atomic E-state index is 0.0242. The van der Waals surface area contributed by atoms with Crippen molar-refractivity contribution in [3.05, 3.63) is 65.2 Å². The fourth-order valence-electron chi connectivity index (χ4n) is 3.06. The minimum Gasteiger partial charge on any atom is -0.507 e. The molecule has 0 saturated carbocycles. The van der Waals surface area contributed by atoms with Crippen molar-refractivity contribution >= 4 is 22.9 Å². The molecule has 3 aromatic rings. The first-order valence-electron chi connectivity index (χ1n) is 9.58. The topological polar surface area (TPSA) is 57.5 Å². The molecule has 2 N–H and O–H groups in total. The fraction of sp³-hybridized carbons (Fsp3) is 0.333. The van der Waals surface area contributed by atoms with E-state index in [0.717, 1.165) is 16.5 Å². The summed E-state index contributed by atoms with van der Waals surface area (Å²) in [6.45, 7) is 12.8. The molecule has 4 heteroatoms. The Bertz CT molecular complexity index is 1020. The lowest BCUT2D eigenvalue weighted by Crippen LogP contribution is -2.17. The third kappa shape index (κ3) is 4.33. The number of hydrogen-bond acceptors (Lipinski definition) is 4. The number of benzene rings is 2. The Hall–Kier alpha value is -2.88. The third-order valence-electron chi connectivity index (χ3n) is 4.79. The van der Waals surface area contributed by atoms with Crippen LogP contribution in [0.1, 0.15) is 58.2 Å². The number of pyridine rings is 1. The van der Waals surface area contributed by atoms with Gasteiger partial charge in [-0.15, -0.1) is 0 Å². The predicted molar refractivity (Wildman–Crippen MR) is 118 cm³/mol. The van der Waals surface area contributed by atoms with Gasteiger partial charge in [0.05, 0.1) is 11.7 Å². The Morgan fingerprint density at radius 2 is 1.64 bits per heavy atom. The van der Waals surface area contributed by atoms with Gasteiger partial charge in [-0.25, -0.2) is 4.98 Å². The minimum atomic E-state index is -0.165. The van der Waals surface area contributed by atoms with Crippen LogP contribution in [-0.4, -0.2) is 16.3 Å². The highest BCUT2D eigenvalue weighted by molar-refractivity contribution is 5.86. The summed E-state index contributed by atoms with van der Waals surface area (Å²) in [5.41, 5.74) is 6.49. The number of phenolic OH excluding ortho intramolecular Hbond substituents is 1. The molecule has 4 nitrogen and oxygen atoms in total. The molecule has 1 aromatic heterocycles. The van der Waals surface area contributed by atoms with Gasteiger partial charge in [-0.1, -0.05) is 65.8 Å². The van der Waals surface area contributed by atoms with E-state index in [2.05, 4.69) is 63.1 Å². The molecule has 28 heavy (non-hydrogen) atoms. The van der Waals surface area contributed by atoms with Crippen molar-refractivity contribution in [2.45, 2.75) is 52.4 Å². The van der Waals surface area contributed by atoms with E-state index in [0.29, 0.717) is 11.4 Å². The average molecular weight is 376 g/mol. The normalized spacial score (nSPS) is 12.6. The molecular formula is C24H29N3O. The number of fused-ring (bicyclic) bond motifs is 1. The van der Waals surface area contributed by atoms with Gasteiger partial charge in [-0.05, 0) is 40.7 Å². The number of anilines is 1. The Morgan fingerprint density at radius 1 is 0.929 bits per heavy atom. The van der Waals surface area contributed by atoms with Gasteiger partial charge in [0.2, 0.25) is 0 Å². The number of aromatic nitrogens is 1. The second-order valence-electron chi connectivity index (χ2n) is 9.22. The predicted octanol–water partition coefficient (Wildman–Crippen LogP) is 5.98. The fourth-order valence-corrected chi connectivity index (χ4v) is 3.06. The Morgan fingerprint density at radius 3 is 2.32 bits per heavy atom. The van der Waals surface area contributed by atoms with Crippen LogP contribution in [-0.2, 0) is 10.8 Å². The molecule has 0 spiro atoms. The number of phenols is 1. The van der Waals surface area contributed by atoms with Gasteiger partial charge in [0.1, 0.15) is 11.6 Å². The van der Waals surface area contributed by atoms with Gasteiger partial charge in [0.15, 0.2) is 0 Å². The largest absolute Gasteiger partial charge is 0.507 e. The number of hydrogen-bond donors (Lipinski definition) is 2. The molecule has 0 saturated heterocycles. The van der Waals surface area contributed by atoms with Crippen molar-refractivity contribution < 1.29 is 5.11 Å². The van der Waals surface area contributed by atoms with Gasteiger partial charge >= 0.3 is 0 Å². The standard InChI is InChI=1S/C24H29N3O/c1-23(2,3)18-13-17(22(28)19(14-18)24(4,5)6)15-25-27-21-12-11-16-9-7-8-10-20(16)26-21/h7-15,28H,1-6H3,(H,26,27). The third-order valence-corrected chi connectivity index (χ3v) is 4.79. The molecule has 0 amide bonds. The molecule has 0 fully saturated rings. The maximum atomic E-state index is 10.8. The molecule has 0 unspecified atom stereocenters. The summed E-state index contributed by atoms with van der Waals surface area (Å²) in [5, 5.41) is 16.2. The smallest absolute Gasteiger partial charge is 0.146 e. The summed E-state index contributed by atoms with van der Waals surface area (Å²) < 4.78 is 0. The van der Waals surface area contributed by atoms with Crippen molar-refractivity contribution in [1.29, 1.82) is 0 Å². The average Bonchev–Trinajstić information content (AvgIpc) is 2.61. The zero-order valence-corrected chi connectivity index (χ0v) is 17.5. The Labute approximate surface area is 167 Å². The van der Waals surface area contributed by atoms with Crippen LogP contribution < -0.4 is 5.43 Å². The van der Waals surface area contributed by atoms with E-state index in [1.807, 2.05) is 42.5 Å². The van der Waals surface area contributed by atoms with Crippen molar-refractivity contribution in [1.82, 2.24) is 4.98 Å². The van der Waals surface area contributed by atoms with Gasteiger partial charge in [0.25, 0.3) is 0 Å². The quantitative estimate of drug-likeness (QED) is 0.437. The van der Waals surface area contributed by atoms with E-state index in [1.165, 1.54) is 5.56 Å².